The number of benzene rings is 1. The topological polar surface area (TPSA) is 62.7 Å². The molecule has 1 aliphatic rings. The minimum atomic E-state index is -0.675. The second-order valence-electron chi connectivity index (χ2n) is 9.73. The first-order chi connectivity index (χ1) is 16.9. The Kier molecular flexibility index (Phi) is 9.09. The first kappa shape index (κ1) is 26.0. The summed E-state index contributed by atoms with van der Waals surface area (Å²) in [4.78, 5) is 18.6. The number of pyridine rings is 1. The van der Waals surface area contributed by atoms with E-state index in [4.69, 9.17) is 4.74 Å². The van der Waals surface area contributed by atoms with Crippen LogP contribution in [0.3, 0.4) is 0 Å². The van der Waals surface area contributed by atoms with Gasteiger partial charge in [-0.15, -0.1) is 23.1 Å². The Morgan fingerprint density at radius 3 is 2.91 bits per heavy atom. The summed E-state index contributed by atoms with van der Waals surface area (Å²) in [6.07, 6.45) is 6.33. The minimum Gasteiger partial charge on any atom is -0.497 e. The zero-order valence-electron chi connectivity index (χ0n) is 20.9. The number of carboxylic acids is 1. The molecule has 7 heteroatoms. The van der Waals surface area contributed by atoms with Gasteiger partial charge in [-0.1, -0.05) is 6.92 Å². The fraction of sp³-hybridized carbons (Fsp3) is 0.500. The maximum absolute atomic E-state index is 11.7. The molecule has 3 atom stereocenters. The molecule has 0 spiro atoms. The Bertz CT molecular complexity index is 1130. The van der Waals surface area contributed by atoms with Gasteiger partial charge in [0.2, 0.25) is 0 Å². The van der Waals surface area contributed by atoms with Gasteiger partial charge in [-0.2, -0.15) is 0 Å². The minimum absolute atomic E-state index is 0.219. The van der Waals surface area contributed by atoms with Crippen molar-refractivity contribution in [1.29, 1.82) is 0 Å². The first-order valence-corrected chi connectivity index (χ1v) is 14.3. The molecule has 0 bridgehead atoms. The lowest BCUT2D eigenvalue weighted by molar-refractivity contribution is -0.139. The molecule has 1 N–H and O–H groups in total. The maximum Gasteiger partial charge on any atom is 0.303 e. The van der Waals surface area contributed by atoms with Crippen molar-refractivity contribution in [2.75, 3.05) is 26.7 Å². The third kappa shape index (κ3) is 6.99. The third-order valence-electron chi connectivity index (χ3n) is 7.11. The molecule has 2 aromatic heterocycles. The number of aliphatic carboxylic acids is 1. The second kappa shape index (κ2) is 12.2. The average molecular weight is 513 g/mol. The van der Waals surface area contributed by atoms with Gasteiger partial charge in [0.15, 0.2) is 0 Å². The number of ether oxygens (including phenoxy) is 1. The van der Waals surface area contributed by atoms with E-state index in [1.165, 1.54) is 15.3 Å². The predicted octanol–water partition coefficient (Wildman–Crippen LogP) is 6.53. The van der Waals surface area contributed by atoms with Gasteiger partial charge in [-0.25, -0.2) is 0 Å². The molecule has 1 saturated heterocycles. The number of aromatic nitrogens is 1. The Hall–Kier alpha value is -2.09. The van der Waals surface area contributed by atoms with Crippen LogP contribution in [-0.2, 0) is 11.2 Å². The van der Waals surface area contributed by atoms with E-state index in [1.807, 2.05) is 41.4 Å². The molecule has 0 saturated carbocycles. The maximum atomic E-state index is 11.7. The van der Waals surface area contributed by atoms with Gasteiger partial charge in [0.1, 0.15) is 5.75 Å². The number of carbonyl (C=O) groups is 1. The molecule has 3 heterocycles. The van der Waals surface area contributed by atoms with Crippen LogP contribution in [0.4, 0.5) is 0 Å². The van der Waals surface area contributed by atoms with E-state index in [-0.39, 0.29) is 12.3 Å². The zero-order valence-corrected chi connectivity index (χ0v) is 22.5. The fourth-order valence-corrected chi connectivity index (χ4v) is 7.74. The molecule has 1 unspecified atom stereocenters. The van der Waals surface area contributed by atoms with Crippen LogP contribution in [0, 0.1) is 18.8 Å². The number of nitrogens with zero attached hydrogens (tertiary/aromatic N) is 2. The van der Waals surface area contributed by atoms with Crippen LogP contribution in [0.25, 0.3) is 10.9 Å². The van der Waals surface area contributed by atoms with Gasteiger partial charge in [0, 0.05) is 36.3 Å². The predicted molar refractivity (Wildman–Crippen MR) is 146 cm³/mol. The average Bonchev–Trinajstić information content (AvgIpc) is 3.23. The highest BCUT2D eigenvalue weighted by atomic mass is 32.2. The number of piperidine rings is 1. The van der Waals surface area contributed by atoms with Crippen LogP contribution < -0.4 is 4.74 Å². The molecular formula is C28H36N2O3S2. The quantitative estimate of drug-likeness (QED) is 0.295. The van der Waals surface area contributed by atoms with Crippen LogP contribution >= 0.6 is 23.1 Å². The summed E-state index contributed by atoms with van der Waals surface area (Å²) in [5, 5.41) is 13.4. The first-order valence-electron chi connectivity index (χ1n) is 12.5. The van der Waals surface area contributed by atoms with Gasteiger partial charge in [-0.3, -0.25) is 9.78 Å². The number of hydrogen-bond donors (Lipinski definition) is 1. The van der Waals surface area contributed by atoms with E-state index >= 15 is 0 Å². The van der Waals surface area contributed by atoms with Crippen molar-refractivity contribution in [3.05, 3.63) is 53.0 Å². The second-order valence-corrected chi connectivity index (χ2v) is 12.4. The highest BCUT2D eigenvalue weighted by Gasteiger charge is 2.31. The number of fused-ring (bicyclic) bond motifs is 1. The lowest BCUT2D eigenvalue weighted by Crippen LogP contribution is -2.43. The van der Waals surface area contributed by atoms with Crippen LogP contribution in [0.2, 0.25) is 0 Å². The summed E-state index contributed by atoms with van der Waals surface area (Å²) in [5.41, 5.74) is 3.63. The number of rotatable bonds is 11. The molecule has 35 heavy (non-hydrogen) atoms. The van der Waals surface area contributed by atoms with Crippen LogP contribution in [0.1, 0.15) is 43.7 Å². The summed E-state index contributed by atoms with van der Waals surface area (Å²) in [6.45, 7) is 7.42. The van der Waals surface area contributed by atoms with Gasteiger partial charge < -0.3 is 14.7 Å². The van der Waals surface area contributed by atoms with E-state index < -0.39 is 5.97 Å². The summed E-state index contributed by atoms with van der Waals surface area (Å²) < 4.78 is 6.81. The number of aryl methyl sites for hydroxylation is 2. The molecule has 1 fully saturated rings. The van der Waals surface area contributed by atoms with E-state index in [0.717, 1.165) is 62.0 Å². The Morgan fingerprint density at radius 2 is 2.17 bits per heavy atom. The van der Waals surface area contributed by atoms with Crippen molar-refractivity contribution in [2.45, 2.75) is 55.4 Å². The number of hydrogen-bond acceptors (Lipinski definition) is 6. The van der Waals surface area contributed by atoms with Gasteiger partial charge in [-0.05, 0) is 97.8 Å². The summed E-state index contributed by atoms with van der Waals surface area (Å²) in [6, 6.07) is 10.3. The van der Waals surface area contributed by atoms with Crippen molar-refractivity contribution >= 4 is 40.0 Å². The number of likely N-dealkylation sites (tertiary alicyclic amines) is 1. The molecule has 188 valence electrons. The van der Waals surface area contributed by atoms with Crippen molar-refractivity contribution in [3.63, 3.8) is 0 Å². The van der Waals surface area contributed by atoms with E-state index in [9.17, 15) is 9.90 Å². The van der Waals surface area contributed by atoms with Crippen LogP contribution in [0.15, 0.2) is 46.1 Å². The summed E-state index contributed by atoms with van der Waals surface area (Å²) in [5.74, 6) is 0.858. The monoisotopic (exact) mass is 512 g/mol. The molecule has 5 nitrogen and oxygen atoms in total. The van der Waals surface area contributed by atoms with Gasteiger partial charge in [0.25, 0.3) is 0 Å². The standard InChI is InChI=1S/C28H36N2O3S2/c1-19-11-14-34-28(19)35-20(2)17-30-13-10-21(23(18-30)15-27(31)32)5-4-6-22-9-12-29-26-8-7-24(33-3)16-25(22)26/h7-9,11-12,14,16,20-21,23H,4-6,10,13,15,17-18H2,1-3H3,(H,31,32)/t20?,21-,23+/m1/s1. The third-order valence-corrected chi connectivity index (χ3v) is 9.58. The normalized spacial score (nSPS) is 19.6. The zero-order chi connectivity index (χ0) is 24.8. The van der Waals surface area contributed by atoms with Crippen molar-refractivity contribution in [2.24, 2.45) is 11.8 Å². The lowest BCUT2D eigenvalue weighted by Gasteiger charge is -2.39. The molecule has 0 radical (unpaired) electrons. The molecule has 1 aliphatic heterocycles. The van der Waals surface area contributed by atoms with Gasteiger partial charge in [0.05, 0.1) is 16.8 Å². The molecule has 3 aromatic rings. The molecule has 0 amide bonds. The van der Waals surface area contributed by atoms with Crippen LogP contribution in [0.5, 0.6) is 5.75 Å². The largest absolute Gasteiger partial charge is 0.497 e. The molecule has 0 aliphatic carbocycles. The molecule has 1 aromatic carbocycles. The van der Waals surface area contributed by atoms with Crippen molar-refractivity contribution in [3.8, 4) is 5.75 Å². The van der Waals surface area contributed by atoms with Crippen LogP contribution in [-0.4, -0.2) is 53.0 Å². The smallest absolute Gasteiger partial charge is 0.303 e. The van der Waals surface area contributed by atoms with E-state index in [1.54, 1.807) is 7.11 Å². The highest BCUT2D eigenvalue weighted by Crippen LogP contribution is 2.35. The lowest BCUT2D eigenvalue weighted by atomic mass is 9.80. The Balaban J connectivity index is 1.33. The Labute approximate surface area is 216 Å². The summed E-state index contributed by atoms with van der Waals surface area (Å²) >= 11 is 3.76. The molecule has 4 rings (SSSR count). The highest BCUT2D eigenvalue weighted by molar-refractivity contribution is 8.01. The van der Waals surface area contributed by atoms with Crippen molar-refractivity contribution < 1.29 is 14.6 Å². The van der Waals surface area contributed by atoms with E-state index in [2.05, 4.69) is 47.3 Å². The SMILES string of the molecule is COc1ccc2nccc(CCC[C@@H]3CCN(CC(C)Sc4sccc4C)C[C@@H]3CC(=O)O)c2c1. The number of carboxylic acid groups (broad SMARTS) is 1. The number of methoxy groups -OCH3 is 1. The van der Waals surface area contributed by atoms with Crippen molar-refractivity contribution in [1.82, 2.24) is 9.88 Å². The number of thioether (sulfide) groups is 1. The van der Waals surface area contributed by atoms with E-state index in [0.29, 0.717) is 11.2 Å². The summed E-state index contributed by atoms with van der Waals surface area (Å²) in [7, 11) is 1.69. The number of thiophene rings is 1. The van der Waals surface area contributed by atoms with Gasteiger partial charge >= 0.3 is 5.97 Å². The fourth-order valence-electron chi connectivity index (χ4n) is 5.30. The Morgan fingerprint density at radius 1 is 1.31 bits per heavy atom. The molecular weight excluding hydrogens is 476 g/mol.